The number of alkyl halides is 3. The lowest BCUT2D eigenvalue weighted by Gasteiger charge is -2.06. The Hall–Kier alpha value is -4.03. The summed E-state index contributed by atoms with van der Waals surface area (Å²) in [7, 11) is 0. The molecular weight excluding hydrogens is 399 g/mol. The van der Waals surface area contributed by atoms with Gasteiger partial charge in [-0.25, -0.2) is 0 Å². The molecule has 0 aliphatic heterocycles. The number of nitro groups is 1. The van der Waals surface area contributed by atoms with E-state index in [0.717, 1.165) is 29.0 Å². The fourth-order valence-electron chi connectivity index (χ4n) is 2.43. The van der Waals surface area contributed by atoms with E-state index in [1.807, 2.05) is 0 Å². The molecule has 0 unspecified atom stereocenters. The van der Waals surface area contributed by atoms with Crippen molar-refractivity contribution in [1.82, 2.24) is 14.7 Å². The highest BCUT2D eigenvalue weighted by Gasteiger charge is 2.30. The SMILES string of the molecule is NC(=O)c1cc([N+](=O)[O-])cn(Cc2nc(-c3cccc(C(F)(F)F)c3)no2)c1=O. The minimum atomic E-state index is -4.57. The van der Waals surface area contributed by atoms with Gasteiger partial charge >= 0.3 is 6.18 Å². The highest BCUT2D eigenvalue weighted by atomic mass is 19.4. The molecule has 0 atom stereocenters. The second-order valence-corrected chi connectivity index (χ2v) is 5.76. The Balaban J connectivity index is 1.96. The minimum Gasteiger partial charge on any atom is -0.365 e. The summed E-state index contributed by atoms with van der Waals surface area (Å²) in [6, 6.07) is 4.92. The molecule has 2 N–H and O–H groups in total. The number of amides is 1. The molecule has 2 aromatic heterocycles. The minimum absolute atomic E-state index is 0.0130. The molecule has 0 saturated carbocycles. The lowest BCUT2D eigenvalue weighted by atomic mass is 10.1. The van der Waals surface area contributed by atoms with Gasteiger partial charge in [0.05, 0.1) is 16.7 Å². The number of pyridine rings is 1. The molecule has 0 spiro atoms. The number of halogens is 3. The summed E-state index contributed by atoms with van der Waals surface area (Å²) in [5, 5.41) is 14.5. The molecule has 3 rings (SSSR count). The van der Waals surface area contributed by atoms with Gasteiger partial charge in [-0.2, -0.15) is 18.2 Å². The molecule has 150 valence electrons. The van der Waals surface area contributed by atoms with Gasteiger partial charge in [-0.3, -0.25) is 24.3 Å². The van der Waals surface area contributed by atoms with Crippen LogP contribution in [0, 0.1) is 10.1 Å². The Morgan fingerprint density at radius 1 is 1.31 bits per heavy atom. The van der Waals surface area contributed by atoms with E-state index >= 15 is 0 Å². The van der Waals surface area contributed by atoms with E-state index in [1.165, 1.54) is 12.1 Å². The molecule has 1 aromatic carbocycles. The molecule has 0 aliphatic rings. The van der Waals surface area contributed by atoms with Gasteiger partial charge < -0.3 is 10.3 Å². The summed E-state index contributed by atoms with van der Waals surface area (Å²) in [5.74, 6) is -1.57. The largest absolute Gasteiger partial charge is 0.416 e. The molecular formula is C16H10F3N5O5. The van der Waals surface area contributed by atoms with Gasteiger partial charge in [-0.15, -0.1) is 0 Å². The topological polar surface area (TPSA) is 147 Å². The second kappa shape index (κ2) is 7.18. The number of carbonyl (C=O) groups excluding carboxylic acids is 1. The standard InChI is InChI=1S/C16H10F3N5O5/c17-16(18,19)9-3-1-2-8(4-9)14-21-12(29-22-14)7-23-6-10(24(27)28)5-11(13(20)25)15(23)26/h1-6H,7H2,(H2,20,25). The molecule has 13 heteroatoms. The lowest BCUT2D eigenvalue weighted by molar-refractivity contribution is -0.385. The smallest absolute Gasteiger partial charge is 0.365 e. The van der Waals surface area contributed by atoms with Crippen molar-refractivity contribution in [3.05, 3.63) is 74.0 Å². The average Bonchev–Trinajstić information content (AvgIpc) is 3.11. The second-order valence-electron chi connectivity index (χ2n) is 5.76. The van der Waals surface area contributed by atoms with E-state index in [9.17, 15) is 32.9 Å². The fraction of sp³-hybridized carbons (Fsp3) is 0.125. The van der Waals surface area contributed by atoms with Gasteiger partial charge in [0, 0.05) is 11.6 Å². The van der Waals surface area contributed by atoms with Crippen LogP contribution in [0.4, 0.5) is 18.9 Å². The van der Waals surface area contributed by atoms with Crippen molar-refractivity contribution in [3.63, 3.8) is 0 Å². The first-order valence-corrected chi connectivity index (χ1v) is 7.75. The van der Waals surface area contributed by atoms with E-state index in [1.54, 1.807) is 0 Å². The number of nitrogens with two attached hydrogens (primary N) is 1. The van der Waals surface area contributed by atoms with Crippen LogP contribution < -0.4 is 11.3 Å². The maximum absolute atomic E-state index is 12.8. The Morgan fingerprint density at radius 3 is 2.66 bits per heavy atom. The number of benzene rings is 1. The van der Waals surface area contributed by atoms with E-state index in [2.05, 4.69) is 10.1 Å². The number of rotatable bonds is 5. The molecule has 0 radical (unpaired) electrons. The van der Waals surface area contributed by atoms with Crippen molar-refractivity contribution >= 4 is 11.6 Å². The molecule has 29 heavy (non-hydrogen) atoms. The summed E-state index contributed by atoms with van der Waals surface area (Å²) < 4.78 is 44.2. The molecule has 0 bridgehead atoms. The predicted octanol–water partition coefficient (Wildman–Crippen LogP) is 1.97. The van der Waals surface area contributed by atoms with Crippen LogP contribution in [-0.2, 0) is 12.7 Å². The third-order valence-corrected chi connectivity index (χ3v) is 3.77. The monoisotopic (exact) mass is 409 g/mol. The quantitative estimate of drug-likeness (QED) is 0.500. The van der Waals surface area contributed by atoms with Crippen LogP contribution >= 0.6 is 0 Å². The van der Waals surface area contributed by atoms with Crippen molar-refractivity contribution < 1.29 is 27.4 Å². The zero-order valence-corrected chi connectivity index (χ0v) is 14.2. The number of carbonyl (C=O) groups is 1. The van der Waals surface area contributed by atoms with Crippen LogP contribution in [0.25, 0.3) is 11.4 Å². The Labute approximate surface area is 158 Å². The highest BCUT2D eigenvalue weighted by molar-refractivity contribution is 5.92. The van der Waals surface area contributed by atoms with E-state index in [0.29, 0.717) is 0 Å². The van der Waals surface area contributed by atoms with Gasteiger partial charge in [-0.1, -0.05) is 17.3 Å². The van der Waals surface area contributed by atoms with Gasteiger partial charge in [0.1, 0.15) is 12.1 Å². The fourth-order valence-corrected chi connectivity index (χ4v) is 2.43. The maximum Gasteiger partial charge on any atom is 0.416 e. The zero-order chi connectivity index (χ0) is 21.3. The van der Waals surface area contributed by atoms with Crippen LogP contribution in [-0.4, -0.2) is 25.5 Å². The van der Waals surface area contributed by atoms with E-state index in [4.69, 9.17) is 10.3 Å². The normalized spacial score (nSPS) is 11.4. The first kappa shape index (κ1) is 19.7. The summed E-state index contributed by atoms with van der Waals surface area (Å²) in [6.45, 7) is -0.466. The van der Waals surface area contributed by atoms with Crippen molar-refractivity contribution in [2.75, 3.05) is 0 Å². The number of aromatic nitrogens is 3. The number of primary amides is 1. The maximum atomic E-state index is 12.8. The first-order chi connectivity index (χ1) is 13.6. The van der Waals surface area contributed by atoms with Crippen LogP contribution in [0.2, 0.25) is 0 Å². The van der Waals surface area contributed by atoms with E-state index in [-0.39, 0.29) is 17.3 Å². The van der Waals surface area contributed by atoms with Crippen molar-refractivity contribution in [1.29, 1.82) is 0 Å². The lowest BCUT2D eigenvalue weighted by Crippen LogP contribution is -2.30. The number of nitrogens with zero attached hydrogens (tertiary/aromatic N) is 4. The van der Waals surface area contributed by atoms with Gasteiger partial charge in [0.25, 0.3) is 17.2 Å². The summed E-state index contributed by atoms with van der Waals surface area (Å²) in [4.78, 5) is 37.6. The highest BCUT2D eigenvalue weighted by Crippen LogP contribution is 2.31. The summed E-state index contributed by atoms with van der Waals surface area (Å²) in [6.07, 6.45) is -3.72. The van der Waals surface area contributed by atoms with Crippen molar-refractivity contribution in [3.8, 4) is 11.4 Å². The van der Waals surface area contributed by atoms with Gasteiger partial charge in [0.15, 0.2) is 0 Å². The molecule has 0 aliphatic carbocycles. The number of hydrogen-bond acceptors (Lipinski definition) is 7. The van der Waals surface area contributed by atoms with Crippen LogP contribution in [0.15, 0.2) is 45.8 Å². The summed E-state index contributed by atoms with van der Waals surface area (Å²) >= 11 is 0. The molecule has 0 fully saturated rings. The first-order valence-electron chi connectivity index (χ1n) is 7.75. The van der Waals surface area contributed by atoms with Crippen LogP contribution in [0.5, 0.6) is 0 Å². The van der Waals surface area contributed by atoms with E-state index < -0.39 is 45.9 Å². The predicted molar refractivity (Wildman–Crippen MR) is 89.7 cm³/mol. The Kier molecular flexibility index (Phi) is 4.88. The van der Waals surface area contributed by atoms with Crippen molar-refractivity contribution in [2.24, 2.45) is 5.73 Å². The molecule has 10 nitrogen and oxygen atoms in total. The molecule has 3 aromatic rings. The number of hydrogen-bond donors (Lipinski definition) is 1. The van der Waals surface area contributed by atoms with Gasteiger partial charge in [-0.05, 0) is 12.1 Å². The molecule has 2 heterocycles. The van der Waals surface area contributed by atoms with Crippen LogP contribution in [0.1, 0.15) is 21.8 Å². The Morgan fingerprint density at radius 2 is 2.03 bits per heavy atom. The van der Waals surface area contributed by atoms with Crippen LogP contribution in [0.3, 0.4) is 0 Å². The van der Waals surface area contributed by atoms with Gasteiger partial charge in [0.2, 0.25) is 11.7 Å². The molecule has 0 saturated heterocycles. The zero-order valence-electron chi connectivity index (χ0n) is 14.2. The average molecular weight is 409 g/mol. The van der Waals surface area contributed by atoms with Crippen molar-refractivity contribution in [2.45, 2.75) is 12.7 Å². The molecule has 1 amide bonds. The Bertz CT molecular complexity index is 1170. The third kappa shape index (κ3) is 4.12. The summed E-state index contributed by atoms with van der Waals surface area (Å²) in [5.41, 5.74) is 2.04. The third-order valence-electron chi connectivity index (χ3n) is 3.77.